The molecule has 0 bridgehead atoms. The van der Waals surface area contributed by atoms with Crippen LogP contribution in [-0.4, -0.2) is 14.5 Å². The summed E-state index contributed by atoms with van der Waals surface area (Å²) in [5.41, 5.74) is 5.49. The maximum absolute atomic E-state index is 12.1. The Labute approximate surface area is 106 Å². The van der Waals surface area contributed by atoms with Crippen molar-refractivity contribution in [1.29, 1.82) is 0 Å². The lowest BCUT2D eigenvalue weighted by Gasteiger charge is -2.22. The Morgan fingerprint density at radius 3 is 2.59 bits per heavy atom. The highest BCUT2D eigenvalue weighted by Gasteiger charge is 2.22. The van der Waals surface area contributed by atoms with Gasteiger partial charge in [-0.2, -0.15) is 0 Å². The van der Waals surface area contributed by atoms with Gasteiger partial charge >= 0.3 is 0 Å². The van der Waals surface area contributed by atoms with Gasteiger partial charge in [-0.15, -0.1) is 11.3 Å². The molecule has 0 unspecified atom stereocenters. The SMILES string of the molecule is NCc1ccc(S(=O)(=O)NC2CCCCC2)s1. The minimum atomic E-state index is -3.34. The number of hydrogen-bond acceptors (Lipinski definition) is 4. The van der Waals surface area contributed by atoms with Crippen molar-refractivity contribution in [2.75, 3.05) is 0 Å². The lowest BCUT2D eigenvalue weighted by Crippen LogP contribution is -2.35. The summed E-state index contributed by atoms with van der Waals surface area (Å²) < 4.78 is 27.3. The maximum Gasteiger partial charge on any atom is 0.250 e. The number of thiophene rings is 1. The molecule has 6 heteroatoms. The second-order valence-corrected chi connectivity index (χ2v) is 7.49. The van der Waals surface area contributed by atoms with Crippen LogP contribution >= 0.6 is 11.3 Å². The van der Waals surface area contributed by atoms with E-state index in [-0.39, 0.29) is 6.04 Å². The lowest BCUT2D eigenvalue weighted by molar-refractivity contribution is 0.412. The van der Waals surface area contributed by atoms with Crippen LogP contribution in [0.2, 0.25) is 0 Å². The topological polar surface area (TPSA) is 72.2 Å². The van der Waals surface area contributed by atoms with E-state index in [1.54, 1.807) is 12.1 Å². The normalized spacial score (nSPS) is 18.4. The van der Waals surface area contributed by atoms with Gasteiger partial charge in [-0.25, -0.2) is 13.1 Å². The molecular formula is C11H18N2O2S2. The number of nitrogens with one attached hydrogen (secondary N) is 1. The van der Waals surface area contributed by atoms with Crippen LogP contribution in [0.25, 0.3) is 0 Å². The molecule has 1 aliphatic rings. The molecule has 1 saturated carbocycles. The maximum atomic E-state index is 12.1. The highest BCUT2D eigenvalue weighted by Crippen LogP contribution is 2.24. The zero-order valence-electron chi connectivity index (χ0n) is 9.69. The molecule has 1 fully saturated rings. The predicted molar refractivity (Wildman–Crippen MR) is 69.4 cm³/mol. The van der Waals surface area contributed by atoms with Crippen LogP contribution < -0.4 is 10.5 Å². The average molecular weight is 274 g/mol. The van der Waals surface area contributed by atoms with Crippen LogP contribution in [-0.2, 0) is 16.6 Å². The van der Waals surface area contributed by atoms with E-state index in [2.05, 4.69) is 4.72 Å². The summed E-state index contributed by atoms with van der Waals surface area (Å²) in [7, 11) is -3.34. The molecule has 1 heterocycles. The minimum Gasteiger partial charge on any atom is -0.326 e. The van der Waals surface area contributed by atoms with E-state index in [1.807, 2.05) is 0 Å². The van der Waals surface area contributed by atoms with Crippen molar-refractivity contribution in [3.8, 4) is 0 Å². The molecule has 0 aliphatic heterocycles. The molecule has 0 radical (unpaired) electrons. The number of nitrogens with two attached hydrogens (primary N) is 1. The average Bonchev–Trinajstić information content (AvgIpc) is 2.79. The van der Waals surface area contributed by atoms with Crippen LogP contribution in [0.1, 0.15) is 37.0 Å². The van der Waals surface area contributed by atoms with Crippen LogP contribution in [0.4, 0.5) is 0 Å². The van der Waals surface area contributed by atoms with Gasteiger partial charge in [-0.3, -0.25) is 0 Å². The highest BCUT2D eigenvalue weighted by atomic mass is 32.2. The molecule has 2 rings (SSSR count). The van der Waals surface area contributed by atoms with Crippen molar-refractivity contribution < 1.29 is 8.42 Å². The van der Waals surface area contributed by atoms with E-state index in [9.17, 15) is 8.42 Å². The van der Waals surface area contributed by atoms with Gasteiger partial charge in [0.25, 0.3) is 0 Å². The Hall–Kier alpha value is -0.430. The van der Waals surface area contributed by atoms with Gasteiger partial charge in [0.15, 0.2) is 0 Å². The first kappa shape index (κ1) is 13.0. The molecule has 17 heavy (non-hydrogen) atoms. The van der Waals surface area contributed by atoms with Gasteiger partial charge in [0.05, 0.1) is 0 Å². The predicted octanol–water partition coefficient (Wildman–Crippen LogP) is 1.82. The Balaban J connectivity index is 2.07. The smallest absolute Gasteiger partial charge is 0.250 e. The van der Waals surface area contributed by atoms with E-state index in [0.717, 1.165) is 30.6 Å². The molecule has 0 atom stereocenters. The molecule has 4 nitrogen and oxygen atoms in total. The molecule has 0 saturated heterocycles. The third-order valence-electron chi connectivity index (χ3n) is 3.03. The molecule has 3 N–H and O–H groups in total. The first-order chi connectivity index (χ1) is 8.12. The van der Waals surface area contributed by atoms with Crippen LogP contribution in [0, 0.1) is 0 Å². The van der Waals surface area contributed by atoms with Crippen molar-refractivity contribution in [3.05, 3.63) is 17.0 Å². The second-order valence-electron chi connectivity index (χ2n) is 4.38. The lowest BCUT2D eigenvalue weighted by atomic mass is 9.96. The molecule has 1 aliphatic carbocycles. The van der Waals surface area contributed by atoms with Gasteiger partial charge in [0.1, 0.15) is 4.21 Å². The zero-order valence-corrected chi connectivity index (χ0v) is 11.3. The fourth-order valence-corrected chi connectivity index (χ4v) is 4.67. The summed E-state index contributed by atoms with van der Waals surface area (Å²) in [5.74, 6) is 0. The fraction of sp³-hybridized carbons (Fsp3) is 0.636. The third kappa shape index (κ3) is 3.28. The summed E-state index contributed by atoms with van der Waals surface area (Å²) in [6.07, 6.45) is 5.36. The molecular weight excluding hydrogens is 256 g/mol. The van der Waals surface area contributed by atoms with Gasteiger partial charge in [0.2, 0.25) is 10.0 Å². The van der Waals surface area contributed by atoms with Crippen molar-refractivity contribution in [2.45, 2.75) is 48.9 Å². The second kappa shape index (κ2) is 5.48. The number of rotatable bonds is 4. The van der Waals surface area contributed by atoms with Gasteiger partial charge in [-0.05, 0) is 25.0 Å². The van der Waals surface area contributed by atoms with Gasteiger partial charge < -0.3 is 5.73 Å². The summed E-state index contributed by atoms with van der Waals surface area (Å²) in [6.45, 7) is 0.392. The molecule has 0 aromatic carbocycles. The Morgan fingerprint density at radius 1 is 1.29 bits per heavy atom. The largest absolute Gasteiger partial charge is 0.326 e. The summed E-state index contributed by atoms with van der Waals surface area (Å²) in [6, 6.07) is 3.52. The fourth-order valence-electron chi connectivity index (χ4n) is 2.11. The molecule has 96 valence electrons. The third-order valence-corrected chi connectivity index (χ3v) is 6.15. The van der Waals surface area contributed by atoms with Crippen molar-refractivity contribution in [2.24, 2.45) is 5.73 Å². The van der Waals surface area contributed by atoms with E-state index < -0.39 is 10.0 Å². The highest BCUT2D eigenvalue weighted by molar-refractivity contribution is 7.91. The number of sulfonamides is 1. The minimum absolute atomic E-state index is 0.108. The molecule has 1 aromatic rings. The monoisotopic (exact) mass is 274 g/mol. The van der Waals surface area contributed by atoms with Gasteiger partial charge in [0, 0.05) is 17.5 Å². The quantitative estimate of drug-likeness (QED) is 0.879. The Kier molecular flexibility index (Phi) is 4.19. The zero-order chi connectivity index (χ0) is 12.3. The Morgan fingerprint density at radius 2 is 2.00 bits per heavy atom. The van der Waals surface area contributed by atoms with Crippen molar-refractivity contribution in [3.63, 3.8) is 0 Å². The molecule has 0 amide bonds. The summed E-state index contributed by atoms with van der Waals surface area (Å²) in [5, 5.41) is 0. The van der Waals surface area contributed by atoms with Crippen LogP contribution in [0.15, 0.2) is 16.3 Å². The number of hydrogen-bond donors (Lipinski definition) is 2. The van der Waals surface area contributed by atoms with Crippen molar-refractivity contribution in [1.82, 2.24) is 4.72 Å². The standard InChI is InChI=1S/C11H18N2O2S2/c12-8-10-6-7-11(16-10)17(14,15)13-9-4-2-1-3-5-9/h6-7,9,13H,1-5,8,12H2. The first-order valence-electron chi connectivity index (χ1n) is 5.93. The van der Waals surface area contributed by atoms with E-state index in [4.69, 9.17) is 5.73 Å². The first-order valence-corrected chi connectivity index (χ1v) is 8.23. The van der Waals surface area contributed by atoms with Crippen LogP contribution in [0.5, 0.6) is 0 Å². The van der Waals surface area contributed by atoms with Crippen LogP contribution in [0.3, 0.4) is 0 Å². The van der Waals surface area contributed by atoms with Gasteiger partial charge in [-0.1, -0.05) is 19.3 Å². The van der Waals surface area contributed by atoms with E-state index in [0.29, 0.717) is 10.8 Å². The molecule has 1 aromatic heterocycles. The summed E-state index contributed by atoms with van der Waals surface area (Å²) >= 11 is 1.25. The summed E-state index contributed by atoms with van der Waals surface area (Å²) in [4.78, 5) is 0.897. The van der Waals surface area contributed by atoms with E-state index >= 15 is 0 Å². The Bertz CT molecular complexity index is 462. The van der Waals surface area contributed by atoms with E-state index in [1.165, 1.54) is 17.8 Å². The van der Waals surface area contributed by atoms with Crippen molar-refractivity contribution >= 4 is 21.4 Å². The molecule has 0 spiro atoms.